The lowest BCUT2D eigenvalue weighted by Gasteiger charge is -2.18. The molecule has 0 saturated heterocycles. The number of nitrogen functional groups attached to an aromatic ring is 1. The molecule has 5 N–H and O–H groups in total. The number of thioether (sulfide) groups is 1. The minimum absolute atomic E-state index is 0.119. The highest BCUT2D eigenvalue weighted by Crippen LogP contribution is 2.31. The normalized spacial score (nSPS) is 14.2. The van der Waals surface area contributed by atoms with Crippen molar-refractivity contribution in [3.63, 3.8) is 0 Å². The molecule has 0 aliphatic heterocycles. The van der Waals surface area contributed by atoms with Crippen LogP contribution in [0.1, 0.15) is 13.8 Å². The van der Waals surface area contributed by atoms with Crippen molar-refractivity contribution >= 4 is 23.4 Å². The van der Waals surface area contributed by atoms with Crippen LogP contribution in [-0.2, 0) is 4.79 Å². The highest BCUT2D eigenvalue weighted by molar-refractivity contribution is 8.00. The Morgan fingerprint density at radius 1 is 1.38 bits per heavy atom. The van der Waals surface area contributed by atoms with E-state index in [0.29, 0.717) is 0 Å². The monoisotopic (exact) mass is 239 g/mol. The van der Waals surface area contributed by atoms with Crippen LogP contribution in [-0.4, -0.2) is 11.2 Å². The summed E-state index contributed by atoms with van der Waals surface area (Å²) in [6.45, 7) is 3.83. The molecule has 0 heterocycles. The molecule has 1 aromatic rings. The summed E-state index contributed by atoms with van der Waals surface area (Å²) in [5.74, 6) is 4.78. The first kappa shape index (κ1) is 12.9. The molecule has 0 bridgehead atoms. The average Bonchev–Trinajstić information content (AvgIpc) is 2.30. The molecule has 0 spiro atoms. The predicted molar refractivity (Wildman–Crippen MR) is 67.7 cm³/mol. The van der Waals surface area contributed by atoms with Crippen molar-refractivity contribution in [2.75, 3.05) is 5.73 Å². The standard InChI is InChI=1S/C11H17N3OS/c1-7(11(15)14-13)8(2)16-10-6-4-3-5-9(10)12/h3-8H,12-13H2,1-2H3,(H,14,15). The Kier molecular flexibility index (Phi) is 4.64. The van der Waals surface area contributed by atoms with E-state index < -0.39 is 0 Å². The third-order valence-electron chi connectivity index (χ3n) is 2.49. The summed E-state index contributed by atoms with van der Waals surface area (Å²) in [5.41, 5.74) is 8.73. The molecule has 5 heteroatoms. The molecule has 1 amide bonds. The average molecular weight is 239 g/mol. The third kappa shape index (κ3) is 3.15. The van der Waals surface area contributed by atoms with Gasteiger partial charge in [0.1, 0.15) is 0 Å². The molecule has 0 aliphatic carbocycles. The molecule has 0 aliphatic rings. The first-order chi connectivity index (χ1) is 7.56. The molecule has 0 fully saturated rings. The SMILES string of the molecule is CC(Sc1ccccc1N)C(C)C(=O)NN. The Hall–Kier alpha value is -1.20. The zero-order valence-corrected chi connectivity index (χ0v) is 10.3. The number of para-hydroxylation sites is 1. The van der Waals surface area contributed by atoms with E-state index >= 15 is 0 Å². The second-order valence-corrected chi connectivity index (χ2v) is 5.08. The number of nitrogens with one attached hydrogen (secondary N) is 1. The number of carbonyl (C=O) groups excluding carboxylic acids is 1. The summed E-state index contributed by atoms with van der Waals surface area (Å²) in [6, 6.07) is 7.62. The smallest absolute Gasteiger partial charge is 0.237 e. The number of anilines is 1. The van der Waals surface area contributed by atoms with Gasteiger partial charge >= 0.3 is 0 Å². The van der Waals surface area contributed by atoms with Crippen LogP contribution in [0.5, 0.6) is 0 Å². The van der Waals surface area contributed by atoms with E-state index in [-0.39, 0.29) is 17.1 Å². The number of nitrogens with two attached hydrogens (primary N) is 2. The van der Waals surface area contributed by atoms with Crippen molar-refractivity contribution in [3.8, 4) is 0 Å². The van der Waals surface area contributed by atoms with E-state index in [1.165, 1.54) is 0 Å². The van der Waals surface area contributed by atoms with E-state index in [2.05, 4.69) is 5.43 Å². The highest BCUT2D eigenvalue weighted by atomic mass is 32.2. The van der Waals surface area contributed by atoms with Gasteiger partial charge in [-0.25, -0.2) is 5.84 Å². The molecule has 2 unspecified atom stereocenters. The van der Waals surface area contributed by atoms with Crippen LogP contribution >= 0.6 is 11.8 Å². The largest absolute Gasteiger partial charge is 0.398 e. The minimum Gasteiger partial charge on any atom is -0.398 e. The lowest BCUT2D eigenvalue weighted by molar-refractivity contribution is -0.124. The maximum absolute atomic E-state index is 11.3. The van der Waals surface area contributed by atoms with Crippen LogP contribution in [0.25, 0.3) is 0 Å². The van der Waals surface area contributed by atoms with E-state index in [9.17, 15) is 4.79 Å². The van der Waals surface area contributed by atoms with Crippen LogP contribution < -0.4 is 17.0 Å². The van der Waals surface area contributed by atoms with E-state index in [1.807, 2.05) is 38.1 Å². The van der Waals surface area contributed by atoms with Crippen LogP contribution in [0.15, 0.2) is 29.2 Å². The second kappa shape index (κ2) is 5.77. The number of carbonyl (C=O) groups is 1. The Balaban J connectivity index is 2.68. The number of hydrogen-bond donors (Lipinski definition) is 3. The van der Waals surface area contributed by atoms with Crippen molar-refractivity contribution in [2.24, 2.45) is 11.8 Å². The van der Waals surface area contributed by atoms with Crippen LogP contribution in [0, 0.1) is 5.92 Å². The molecule has 0 aromatic heterocycles. The fourth-order valence-corrected chi connectivity index (χ4v) is 2.32. The number of amides is 1. The number of rotatable bonds is 4. The first-order valence-electron chi connectivity index (χ1n) is 5.08. The molecule has 0 radical (unpaired) electrons. The molecular formula is C11H17N3OS. The van der Waals surface area contributed by atoms with Crippen molar-refractivity contribution in [2.45, 2.75) is 24.0 Å². The van der Waals surface area contributed by atoms with Gasteiger partial charge in [-0.05, 0) is 12.1 Å². The molecule has 4 nitrogen and oxygen atoms in total. The van der Waals surface area contributed by atoms with Gasteiger partial charge in [-0.2, -0.15) is 0 Å². The Morgan fingerprint density at radius 3 is 2.56 bits per heavy atom. The van der Waals surface area contributed by atoms with E-state index in [4.69, 9.17) is 11.6 Å². The zero-order valence-electron chi connectivity index (χ0n) is 9.44. The summed E-state index contributed by atoms with van der Waals surface area (Å²) in [5, 5.41) is 0.119. The second-order valence-electron chi connectivity index (χ2n) is 3.66. The van der Waals surface area contributed by atoms with Crippen molar-refractivity contribution in [1.29, 1.82) is 0 Å². The van der Waals surface area contributed by atoms with Gasteiger partial charge < -0.3 is 5.73 Å². The summed E-state index contributed by atoms with van der Waals surface area (Å²) < 4.78 is 0. The van der Waals surface area contributed by atoms with Crippen LogP contribution in [0.3, 0.4) is 0 Å². The Bertz CT molecular complexity index is 370. The van der Waals surface area contributed by atoms with Gasteiger partial charge in [0.15, 0.2) is 0 Å². The predicted octanol–water partition coefficient (Wildman–Crippen LogP) is 1.38. The molecule has 88 valence electrons. The first-order valence-corrected chi connectivity index (χ1v) is 5.96. The van der Waals surface area contributed by atoms with Crippen LogP contribution in [0.4, 0.5) is 5.69 Å². The van der Waals surface area contributed by atoms with E-state index in [0.717, 1.165) is 10.6 Å². The molecule has 0 saturated carbocycles. The molecule has 2 atom stereocenters. The topological polar surface area (TPSA) is 81.1 Å². The van der Waals surface area contributed by atoms with Gasteiger partial charge in [-0.1, -0.05) is 26.0 Å². The number of benzene rings is 1. The van der Waals surface area contributed by atoms with Gasteiger partial charge in [-0.15, -0.1) is 11.8 Å². The Morgan fingerprint density at radius 2 is 2.00 bits per heavy atom. The number of hydrogen-bond acceptors (Lipinski definition) is 4. The zero-order chi connectivity index (χ0) is 12.1. The highest BCUT2D eigenvalue weighted by Gasteiger charge is 2.20. The third-order valence-corrected chi connectivity index (χ3v) is 3.90. The fourth-order valence-electron chi connectivity index (χ4n) is 1.23. The summed E-state index contributed by atoms with van der Waals surface area (Å²) in [6.07, 6.45) is 0. The van der Waals surface area contributed by atoms with Crippen molar-refractivity contribution in [1.82, 2.24) is 5.43 Å². The summed E-state index contributed by atoms with van der Waals surface area (Å²) in [7, 11) is 0. The number of hydrazine groups is 1. The van der Waals surface area contributed by atoms with Crippen LogP contribution in [0.2, 0.25) is 0 Å². The lowest BCUT2D eigenvalue weighted by atomic mass is 10.1. The fraction of sp³-hybridized carbons (Fsp3) is 0.364. The van der Waals surface area contributed by atoms with E-state index in [1.54, 1.807) is 11.8 Å². The minimum atomic E-state index is -0.158. The Labute approximate surface area is 99.7 Å². The molecule has 1 rings (SSSR count). The van der Waals surface area contributed by atoms with Gasteiger partial charge in [0.25, 0.3) is 0 Å². The summed E-state index contributed by atoms with van der Waals surface area (Å²) in [4.78, 5) is 12.3. The molecule has 1 aromatic carbocycles. The van der Waals surface area contributed by atoms with Crippen molar-refractivity contribution < 1.29 is 4.79 Å². The maximum atomic E-state index is 11.3. The maximum Gasteiger partial charge on any atom is 0.237 e. The summed E-state index contributed by atoms with van der Waals surface area (Å²) >= 11 is 1.58. The lowest BCUT2D eigenvalue weighted by Crippen LogP contribution is -2.38. The van der Waals surface area contributed by atoms with Crippen molar-refractivity contribution in [3.05, 3.63) is 24.3 Å². The van der Waals surface area contributed by atoms with Gasteiger partial charge in [0, 0.05) is 21.8 Å². The van der Waals surface area contributed by atoms with Gasteiger partial charge in [0.05, 0.1) is 0 Å². The molecular weight excluding hydrogens is 222 g/mol. The van der Waals surface area contributed by atoms with Gasteiger partial charge in [0.2, 0.25) is 5.91 Å². The van der Waals surface area contributed by atoms with Gasteiger partial charge in [-0.3, -0.25) is 10.2 Å². The molecule has 16 heavy (non-hydrogen) atoms. The quantitative estimate of drug-likeness (QED) is 0.244.